The number of nitrogens with two attached hydrogens (primary N) is 1. The molecule has 1 aromatic carbocycles. The van der Waals surface area contributed by atoms with Crippen LogP contribution >= 0.6 is 0 Å². The standard InChI is InChI=1S/C13H17N3O2/c1-17-13(18-2)12(16-14)10-6-5-9-4-3-7-15-11(9)8-10/h3-8,12-13,16H,14H2,1-2H3. The van der Waals surface area contributed by atoms with Gasteiger partial charge in [0.2, 0.25) is 0 Å². The van der Waals surface area contributed by atoms with Crippen LogP contribution in [0.25, 0.3) is 10.9 Å². The molecule has 3 N–H and O–H groups in total. The number of methoxy groups -OCH3 is 2. The molecule has 0 aliphatic rings. The predicted molar refractivity (Wildman–Crippen MR) is 69.6 cm³/mol. The van der Waals surface area contributed by atoms with Crippen molar-refractivity contribution in [2.45, 2.75) is 12.3 Å². The lowest BCUT2D eigenvalue weighted by Crippen LogP contribution is -2.38. The van der Waals surface area contributed by atoms with Gasteiger partial charge < -0.3 is 9.47 Å². The third-order valence-corrected chi connectivity index (χ3v) is 2.91. The van der Waals surface area contributed by atoms with Crippen molar-refractivity contribution >= 4 is 10.9 Å². The van der Waals surface area contributed by atoms with Crippen LogP contribution in [0.1, 0.15) is 11.6 Å². The highest BCUT2D eigenvalue weighted by Gasteiger charge is 2.21. The van der Waals surface area contributed by atoms with Gasteiger partial charge in [0.25, 0.3) is 0 Å². The largest absolute Gasteiger partial charge is 0.354 e. The summed E-state index contributed by atoms with van der Waals surface area (Å²) in [7, 11) is 3.16. The Kier molecular flexibility index (Phi) is 4.22. The molecule has 2 aromatic rings. The average Bonchev–Trinajstić information content (AvgIpc) is 2.44. The van der Waals surface area contributed by atoms with Crippen LogP contribution in [0.5, 0.6) is 0 Å². The predicted octanol–water partition coefficient (Wildman–Crippen LogP) is 1.36. The summed E-state index contributed by atoms with van der Waals surface area (Å²) < 4.78 is 10.5. The van der Waals surface area contributed by atoms with Crippen LogP contribution < -0.4 is 11.3 Å². The summed E-state index contributed by atoms with van der Waals surface area (Å²) >= 11 is 0. The van der Waals surface area contributed by atoms with Crippen LogP contribution in [0, 0.1) is 0 Å². The molecule has 0 spiro atoms. The van der Waals surface area contributed by atoms with E-state index in [4.69, 9.17) is 15.3 Å². The van der Waals surface area contributed by atoms with Crippen LogP contribution in [0.3, 0.4) is 0 Å². The van der Waals surface area contributed by atoms with E-state index in [-0.39, 0.29) is 6.04 Å². The molecule has 1 aromatic heterocycles. The molecular formula is C13H17N3O2. The lowest BCUT2D eigenvalue weighted by Gasteiger charge is -2.24. The fraction of sp³-hybridized carbons (Fsp3) is 0.308. The fourth-order valence-electron chi connectivity index (χ4n) is 1.98. The first-order valence-corrected chi connectivity index (χ1v) is 5.66. The molecular weight excluding hydrogens is 230 g/mol. The molecule has 0 saturated heterocycles. The molecule has 5 nitrogen and oxygen atoms in total. The van der Waals surface area contributed by atoms with Crippen molar-refractivity contribution in [1.82, 2.24) is 10.4 Å². The minimum absolute atomic E-state index is 0.244. The number of benzene rings is 1. The summed E-state index contributed by atoms with van der Waals surface area (Å²) in [5.74, 6) is 5.57. The first-order valence-electron chi connectivity index (χ1n) is 5.66. The highest BCUT2D eigenvalue weighted by Crippen LogP contribution is 2.22. The van der Waals surface area contributed by atoms with Gasteiger partial charge in [-0.2, -0.15) is 0 Å². The molecule has 0 aliphatic carbocycles. The van der Waals surface area contributed by atoms with Gasteiger partial charge in [0.15, 0.2) is 6.29 Å². The van der Waals surface area contributed by atoms with E-state index in [1.807, 2.05) is 30.3 Å². The lowest BCUT2D eigenvalue weighted by molar-refractivity contribution is -0.124. The van der Waals surface area contributed by atoms with E-state index in [0.717, 1.165) is 16.5 Å². The van der Waals surface area contributed by atoms with Gasteiger partial charge in [-0.15, -0.1) is 0 Å². The zero-order chi connectivity index (χ0) is 13.0. The minimum Gasteiger partial charge on any atom is -0.354 e. The Balaban J connectivity index is 2.39. The molecule has 96 valence electrons. The fourth-order valence-corrected chi connectivity index (χ4v) is 1.98. The molecule has 1 heterocycles. The van der Waals surface area contributed by atoms with Crippen LogP contribution in [0.2, 0.25) is 0 Å². The smallest absolute Gasteiger partial charge is 0.177 e. The van der Waals surface area contributed by atoms with Crippen molar-refractivity contribution in [1.29, 1.82) is 0 Å². The van der Waals surface area contributed by atoms with Gasteiger partial charge in [-0.25, -0.2) is 5.43 Å². The number of hydrogen-bond donors (Lipinski definition) is 2. The SMILES string of the molecule is COC(OC)C(NN)c1ccc2cccnc2c1. The maximum absolute atomic E-state index is 5.57. The lowest BCUT2D eigenvalue weighted by atomic mass is 10.0. The summed E-state index contributed by atoms with van der Waals surface area (Å²) in [5, 5.41) is 1.09. The summed E-state index contributed by atoms with van der Waals surface area (Å²) in [5.41, 5.74) is 4.59. The van der Waals surface area contributed by atoms with E-state index in [1.165, 1.54) is 0 Å². The number of fused-ring (bicyclic) bond motifs is 1. The zero-order valence-electron chi connectivity index (χ0n) is 10.5. The van der Waals surface area contributed by atoms with Gasteiger partial charge in [-0.1, -0.05) is 18.2 Å². The second kappa shape index (κ2) is 5.88. The zero-order valence-corrected chi connectivity index (χ0v) is 10.5. The van der Waals surface area contributed by atoms with Crippen LogP contribution in [0.15, 0.2) is 36.5 Å². The second-order valence-electron chi connectivity index (χ2n) is 3.94. The Morgan fingerprint density at radius 3 is 2.67 bits per heavy atom. The Morgan fingerprint density at radius 1 is 1.22 bits per heavy atom. The van der Waals surface area contributed by atoms with E-state index < -0.39 is 6.29 Å². The molecule has 0 fully saturated rings. The van der Waals surface area contributed by atoms with Gasteiger partial charge >= 0.3 is 0 Å². The van der Waals surface area contributed by atoms with Crippen molar-refractivity contribution in [3.05, 3.63) is 42.1 Å². The summed E-state index contributed by atoms with van der Waals surface area (Å²) in [6.45, 7) is 0. The molecule has 0 amide bonds. The number of ether oxygens (including phenoxy) is 2. The third-order valence-electron chi connectivity index (χ3n) is 2.91. The molecule has 1 unspecified atom stereocenters. The average molecular weight is 247 g/mol. The first-order chi connectivity index (χ1) is 8.80. The maximum Gasteiger partial charge on any atom is 0.177 e. The van der Waals surface area contributed by atoms with Crippen LogP contribution in [-0.2, 0) is 9.47 Å². The van der Waals surface area contributed by atoms with E-state index in [0.29, 0.717) is 0 Å². The Labute approximate surface area is 106 Å². The number of aromatic nitrogens is 1. The number of nitrogens with zero attached hydrogens (tertiary/aromatic N) is 1. The maximum atomic E-state index is 5.57. The number of rotatable bonds is 5. The molecule has 0 saturated carbocycles. The second-order valence-corrected chi connectivity index (χ2v) is 3.94. The Hall–Kier alpha value is -1.53. The van der Waals surface area contributed by atoms with E-state index >= 15 is 0 Å². The third kappa shape index (κ3) is 2.49. The van der Waals surface area contributed by atoms with Crippen LogP contribution in [-0.4, -0.2) is 25.5 Å². The highest BCUT2D eigenvalue weighted by molar-refractivity contribution is 5.78. The van der Waals surface area contributed by atoms with Crippen LogP contribution in [0.4, 0.5) is 0 Å². The highest BCUT2D eigenvalue weighted by atomic mass is 16.7. The summed E-state index contributed by atoms with van der Waals surface area (Å²) in [6, 6.07) is 9.65. The van der Waals surface area contributed by atoms with Gasteiger partial charge in [-0.05, 0) is 17.7 Å². The number of hydrazine groups is 1. The van der Waals surface area contributed by atoms with Crippen molar-refractivity contribution < 1.29 is 9.47 Å². The topological polar surface area (TPSA) is 69.4 Å². The molecule has 2 rings (SSSR count). The monoisotopic (exact) mass is 247 g/mol. The van der Waals surface area contributed by atoms with E-state index in [1.54, 1.807) is 20.4 Å². The molecule has 0 aliphatic heterocycles. The van der Waals surface area contributed by atoms with Gasteiger partial charge in [0.05, 0.1) is 11.6 Å². The summed E-state index contributed by atoms with van der Waals surface area (Å²) in [4.78, 5) is 4.32. The normalized spacial score (nSPS) is 13.1. The van der Waals surface area contributed by atoms with Crippen molar-refractivity contribution in [2.24, 2.45) is 5.84 Å². The van der Waals surface area contributed by atoms with Gasteiger partial charge in [0, 0.05) is 25.8 Å². The van der Waals surface area contributed by atoms with Crippen molar-refractivity contribution in [2.75, 3.05) is 14.2 Å². The van der Waals surface area contributed by atoms with Crippen molar-refractivity contribution in [3.8, 4) is 0 Å². The Bertz CT molecular complexity index is 514. The van der Waals surface area contributed by atoms with Gasteiger partial charge in [0.1, 0.15) is 0 Å². The molecule has 0 bridgehead atoms. The van der Waals surface area contributed by atoms with E-state index in [2.05, 4.69) is 10.4 Å². The van der Waals surface area contributed by atoms with Crippen molar-refractivity contribution in [3.63, 3.8) is 0 Å². The molecule has 1 atom stereocenters. The number of hydrogen-bond acceptors (Lipinski definition) is 5. The number of nitrogens with one attached hydrogen (secondary N) is 1. The summed E-state index contributed by atoms with van der Waals surface area (Å²) in [6.07, 6.45) is 1.32. The molecule has 18 heavy (non-hydrogen) atoms. The quantitative estimate of drug-likeness (QED) is 0.474. The minimum atomic E-state index is -0.448. The number of pyridine rings is 1. The Morgan fingerprint density at radius 2 is 2.00 bits per heavy atom. The first kappa shape index (κ1) is 12.9. The molecule has 0 radical (unpaired) electrons. The van der Waals surface area contributed by atoms with Gasteiger partial charge in [-0.3, -0.25) is 10.8 Å². The molecule has 5 heteroatoms. The van der Waals surface area contributed by atoms with E-state index in [9.17, 15) is 0 Å².